The summed E-state index contributed by atoms with van der Waals surface area (Å²) in [5.74, 6) is 0.343. The van der Waals surface area contributed by atoms with E-state index < -0.39 is 6.10 Å². The highest BCUT2D eigenvalue weighted by atomic mass is 79.9. The lowest BCUT2D eigenvalue weighted by Gasteiger charge is -2.12. The molecule has 116 valence electrons. The average Bonchev–Trinajstić information content (AvgIpc) is 3.11. The summed E-state index contributed by atoms with van der Waals surface area (Å²) in [6.07, 6.45) is 3.46. The molecule has 6 nitrogen and oxygen atoms in total. The Hall–Kier alpha value is -1.70. The fourth-order valence-electron chi connectivity index (χ4n) is 2.46. The minimum atomic E-state index is -0.460. The first kappa shape index (κ1) is 15.2. The Morgan fingerprint density at radius 3 is 2.91 bits per heavy atom. The standard InChI is InChI=1S/C15H17BrN4O2/c16-11-3-1-10(2-4-11)9-20-6-5-17-15(20)19-14(22)13-7-12(21)8-18-13/h1-6,12-13,18,21H,7-9H2,(H,17,19,22)/t12-,13+/m1/s1. The summed E-state index contributed by atoms with van der Waals surface area (Å²) in [7, 11) is 0. The molecule has 0 bridgehead atoms. The van der Waals surface area contributed by atoms with Gasteiger partial charge < -0.3 is 15.0 Å². The molecule has 3 rings (SSSR count). The zero-order valence-electron chi connectivity index (χ0n) is 11.9. The molecule has 1 aliphatic heterocycles. The number of hydrogen-bond donors (Lipinski definition) is 3. The Morgan fingerprint density at radius 1 is 1.45 bits per heavy atom. The second kappa shape index (κ2) is 6.60. The normalized spacial score (nSPS) is 21.0. The second-order valence-electron chi connectivity index (χ2n) is 5.34. The van der Waals surface area contributed by atoms with Crippen LogP contribution in [-0.4, -0.2) is 39.3 Å². The van der Waals surface area contributed by atoms with E-state index in [9.17, 15) is 9.90 Å². The maximum absolute atomic E-state index is 12.2. The van der Waals surface area contributed by atoms with Crippen LogP contribution in [0.15, 0.2) is 41.1 Å². The number of aliphatic hydroxyl groups is 1. The highest BCUT2D eigenvalue weighted by Gasteiger charge is 2.28. The third-order valence-corrected chi connectivity index (χ3v) is 4.17. The van der Waals surface area contributed by atoms with Crippen LogP contribution in [0.25, 0.3) is 0 Å². The van der Waals surface area contributed by atoms with E-state index in [1.165, 1.54) is 0 Å². The van der Waals surface area contributed by atoms with E-state index in [2.05, 4.69) is 31.5 Å². The van der Waals surface area contributed by atoms with Crippen molar-refractivity contribution in [1.82, 2.24) is 14.9 Å². The zero-order valence-corrected chi connectivity index (χ0v) is 13.5. The molecule has 1 fully saturated rings. The third kappa shape index (κ3) is 3.55. The van der Waals surface area contributed by atoms with Crippen molar-refractivity contribution >= 4 is 27.8 Å². The number of hydrogen-bond acceptors (Lipinski definition) is 4. The van der Waals surface area contributed by atoms with Crippen molar-refractivity contribution in [3.8, 4) is 0 Å². The van der Waals surface area contributed by atoms with Crippen molar-refractivity contribution in [2.45, 2.75) is 25.1 Å². The summed E-state index contributed by atoms with van der Waals surface area (Å²) >= 11 is 3.41. The van der Waals surface area contributed by atoms with E-state index in [0.717, 1.165) is 10.0 Å². The maximum atomic E-state index is 12.2. The number of anilines is 1. The Balaban J connectivity index is 1.67. The largest absolute Gasteiger partial charge is 0.392 e. The van der Waals surface area contributed by atoms with Gasteiger partial charge in [0.1, 0.15) is 0 Å². The van der Waals surface area contributed by atoms with Gasteiger partial charge in [-0.1, -0.05) is 28.1 Å². The number of aliphatic hydroxyl groups excluding tert-OH is 1. The predicted molar refractivity (Wildman–Crippen MR) is 86.5 cm³/mol. The summed E-state index contributed by atoms with van der Waals surface area (Å²) in [4.78, 5) is 16.4. The van der Waals surface area contributed by atoms with E-state index in [4.69, 9.17) is 0 Å². The molecule has 7 heteroatoms. The van der Waals surface area contributed by atoms with Crippen LogP contribution in [-0.2, 0) is 11.3 Å². The molecule has 1 aromatic heterocycles. The van der Waals surface area contributed by atoms with Crippen LogP contribution >= 0.6 is 15.9 Å². The summed E-state index contributed by atoms with van der Waals surface area (Å²) in [6, 6.07) is 7.63. The average molecular weight is 365 g/mol. The molecular weight excluding hydrogens is 348 g/mol. The van der Waals surface area contributed by atoms with Crippen molar-refractivity contribution in [2.75, 3.05) is 11.9 Å². The molecule has 2 atom stereocenters. The fourth-order valence-corrected chi connectivity index (χ4v) is 2.73. The minimum Gasteiger partial charge on any atom is -0.392 e. The first-order valence-corrected chi connectivity index (χ1v) is 7.89. The lowest BCUT2D eigenvalue weighted by molar-refractivity contribution is -0.118. The number of aromatic nitrogens is 2. The molecular formula is C15H17BrN4O2. The van der Waals surface area contributed by atoms with E-state index in [-0.39, 0.29) is 11.9 Å². The molecule has 0 aliphatic carbocycles. The van der Waals surface area contributed by atoms with Gasteiger partial charge in [-0.3, -0.25) is 10.1 Å². The third-order valence-electron chi connectivity index (χ3n) is 3.64. The summed E-state index contributed by atoms with van der Waals surface area (Å²) < 4.78 is 2.91. The van der Waals surface area contributed by atoms with Crippen LogP contribution in [0.5, 0.6) is 0 Å². The van der Waals surface area contributed by atoms with Crippen LogP contribution in [0.2, 0.25) is 0 Å². The van der Waals surface area contributed by atoms with Gasteiger partial charge in [0.25, 0.3) is 0 Å². The number of rotatable bonds is 4. The van der Waals surface area contributed by atoms with Crippen molar-refractivity contribution in [2.24, 2.45) is 0 Å². The highest BCUT2D eigenvalue weighted by molar-refractivity contribution is 9.10. The van der Waals surface area contributed by atoms with E-state index >= 15 is 0 Å². The van der Waals surface area contributed by atoms with Gasteiger partial charge in [0.15, 0.2) is 0 Å². The van der Waals surface area contributed by atoms with Crippen molar-refractivity contribution in [1.29, 1.82) is 0 Å². The molecule has 1 aromatic carbocycles. The number of imidazole rings is 1. The molecule has 0 radical (unpaired) electrons. The topological polar surface area (TPSA) is 79.2 Å². The zero-order chi connectivity index (χ0) is 15.5. The first-order chi connectivity index (χ1) is 10.6. The molecule has 2 aromatic rings. The minimum absolute atomic E-state index is 0.167. The molecule has 2 heterocycles. The highest BCUT2D eigenvalue weighted by Crippen LogP contribution is 2.15. The van der Waals surface area contributed by atoms with Crippen molar-refractivity contribution in [3.63, 3.8) is 0 Å². The molecule has 1 saturated heterocycles. The van der Waals surface area contributed by atoms with Gasteiger partial charge >= 0.3 is 0 Å². The number of carbonyl (C=O) groups is 1. The summed E-state index contributed by atoms with van der Waals surface area (Å²) in [6.45, 7) is 1.08. The van der Waals surface area contributed by atoms with Gasteiger partial charge in [-0.05, 0) is 24.1 Å². The van der Waals surface area contributed by atoms with Crippen LogP contribution < -0.4 is 10.6 Å². The van der Waals surface area contributed by atoms with E-state index in [0.29, 0.717) is 25.5 Å². The number of halogens is 1. The summed E-state index contributed by atoms with van der Waals surface area (Å²) in [5.41, 5.74) is 1.12. The molecule has 0 unspecified atom stereocenters. The lowest BCUT2D eigenvalue weighted by Crippen LogP contribution is -2.36. The van der Waals surface area contributed by atoms with Gasteiger partial charge in [-0.15, -0.1) is 0 Å². The Labute approximate surface area is 136 Å². The van der Waals surface area contributed by atoms with Crippen LogP contribution in [0, 0.1) is 0 Å². The molecule has 1 aliphatic rings. The maximum Gasteiger partial charge on any atom is 0.243 e. The Morgan fingerprint density at radius 2 is 2.23 bits per heavy atom. The first-order valence-electron chi connectivity index (χ1n) is 7.10. The molecule has 0 spiro atoms. The van der Waals surface area contributed by atoms with Crippen LogP contribution in [0.1, 0.15) is 12.0 Å². The molecule has 1 amide bonds. The van der Waals surface area contributed by atoms with Gasteiger partial charge in [0.2, 0.25) is 11.9 Å². The number of β-amino-alcohol motifs (C(OH)–C–C–N with tert-alkyl or cyclic N) is 1. The summed E-state index contributed by atoms with van der Waals surface area (Å²) in [5, 5.41) is 15.3. The molecule has 22 heavy (non-hydrogen) atoms. The molecule has 3 N–H and O–H groups in total. The second-order valence-corrected chi connectivity index (χ2v) is 6.26. The molecule has 0 saturated carbocycles. The van der Waals surface area contributed by atoms with E-state index in [1.807, 2.05) is 35.0 Å². The van der Waals surface area contributed by atoms with Crippen molar-refractivity contribution < 1.29 is 9.90 Å². The monoisotopic (exact) mass is 364 g/mol. The lowest BCUT2D eigenvalue weighted by atomic mass is 10.2. The van der Waals surface area contributed by atoms with Crippen LogP contribution in [0.4, 0.5) is 5.95 Å². The van der Waals surface area contributed by atoms with Gasteiger partial charge in [-0.25, -0.2) is 4.98 Å². The number of benzene rings is 1. The quantitative estimate of drug-likeness (QED) is 0.765. The SMILES string of the molecule is O=C(Nc1nccn1Cc1ccc(Br)cc1)[C@@H]1C[C@@H](O)CN1. The number of nitrogens with zero attached hydrogens (tertiary/aromatic N) is 2. The van der Waals surface area contributed by atoms with E-state index in [1.54, 1.807) is 6.20 Å². The Bertz CT molecular complexity index is 656. The fraction of sp³-hybridized carbons (Fsp3) is 0.333. The number of carbonyl (C=O) groups excluding carboxylic acids is 1. The number of amides is 1. The smallest absolute Gasteiger partial charge is 0.243 e. The number of nitrogens with one attached hydrogen (secondary N) is 2. The Kier molecular flexibility index (Phi) is 4.56. The van der Waals surface area contributed by atoms with Gasteiger partial charge in [0.05, 0.1) is 18.7 Å². The van der Waals surface area contributed by atoms with Gasteiger partial charge in [-0.2, -0.15) is 0 Å². The van der Waals surface area contributed by atoms with Gasteiger partial charge in [0, 0.05) is 23.4 Å². The predicted octanol–water partition coefficient (Wildman–Crippen LogP) is 1.36. The van der Waals surface area contributed by atoms with Crippen LogP contribution in [0.3, 0.4) is 0 Å². The van der Waals surface area contributed by atoms with Crippen molar-refractivity contribution in [3.05, 3.63) is 46.7 Å².